The van der Waals surface area contributed by atoms with E-state index in [-0.39, 0.29) is 11.8 Å². The van der Waals surface area contributed by atoms with Gasteiger partial charge in [-0.25, -0.2) is 0 Å². The molecule has 1 aliphatic carbocycles. The van der Waals surface area contributed by atoms with Crippen molar-refractivity contribution in [1.82, 2.24) is 0 Å². The van der Waals surface area contributed by atoms with Crippen LogP contribution in [-0.2, 0) is 4.79 Å². The highest BCUT2D eigenvalue weighted by atomic mass is 35.5. The Morgan fingerprint density at radius 1 is 1.57 bits per heavy atom. The maximum Gasteiger partial charge on any atom is 0.303 e. The molecule has 0 aliphatic heterocycles. The number of rotatable bonds is 6. The van der Waals surface area contributed by atoms with Gasteiger partial charge in [-0.2, -0.15) is 11.8 Å². The first kappa shape index (κ1) is 12.2. The van der Waals surface area contributed by atoms with Crippen molar-refractivity contribution >= 4 is 40.9 Å². The van der Waals surface area contributed by atoms with Gasteiger partial charge in [0.25, 0.3) is 0 Å². The summed E-state index contributed by atoms with van der Waals surface area (Å²) in [6.45, 7) is 0. The van der Waals surface area contributed by atoms with Gasteiger partial charge >= 0.3 is 5.97 Å². The molecule has 0 unspecified atom stereocenters. The predicted molar refractivity (Wildman–Crippen MR) is 61.0 cm³/mol. The molecular weight excluding hydrogens is 243 g/mol. The Labute approximate surface area is 97.6 Å². The number of aliphatic carboxylic acids is 1. The second kappa shape index (κ2) is 5.29. The fourth-order valence-electron chi connectivity index (χ4n) is 1.27. The number of carbonyl (C=O) groups is 1. The maximum atomic E-state index is 10.5. The lowest BCUT2D eigenvalue weighted by molar-refractivity contribution is -0.138. The molecule has 0 saturated heterocycles. The number of hydrogen-bond acceptors (Lipinski definition) is 2. The molecule has 1 aliphatic rings. The van der Waals surface area contributed by atoms with Crippen molar-refractivity contribution in [3.05, 3.63) is 10.6 Å². The van der Waals surface area contributed by atoms with E-state index >= 15 is 0 Å². The highest BCUT2D eigenvalue weighted by Gasteiger charge is 2.43. The second-order valence-corrected chi connectivity index (χ2v) is 5.31. The number of carboxylic acids is 1. The average Bonchev–Trinajstić information content (AvgIpc) is 2.83. The third-order valence-electron chi connectivity index (χ3n) is 2.25. The zero-order valence-electron chi connectivity index (χ0n) is 7.63. The minimum absolute atomic E-state index is 0.0416. The molecule has 0 radical (unpaired) electrons. The van der Waals surface area contributed by atoms with E-state index in [1.165, 1.54) is 5.54 Å². The van der Waals surface area contributed by atoms with E-state index in [0.717, 1.165) is 18.6 Å². The van der Waals surface area contributed by atoms with E-state index in [1.54, 1.807) is 11.8 Å². The van der Waals surface area contributed by atoms with Gasteiger partial charge in [0, 0.05) is 16.3 Å². The van der Waals surface area contributed by atoms with Crippen molar-refractivity contribution in [3.8, 4) is 0 Å². The molecule has 0 atom stereocenters. The van der Waals surface area contributed by atoms with E-state index in [9.17, 15) is 4.79 Å². The van der Waals surface area contributed by atoms with Gasteiger partial charge in [-0.15, -0.1) is 0 Å². The molecule has 2 nitrogen and oxygen atoms in total. The van der Waals surface area contributed by atoms with E-state index in [1.807, 2.05) is 0 Å². The Kier molecular flexibility index (Phi) is 4.61. The van der Waals surface area contributed by atoms with Crippen LogP contribution in [-0.4, -0.2) is 22.6 Å². The number of thioether (sulfide) groups is 1. The van der Waals surface area contributed by atoms with E-state index < -0.39 is 5.97 Å². The van der Waals surface area contributed by atoms with Crippen LogP contribution in [0.1, 0.15) is 19.3 Å². The summed E-state index contributed by atoms with van der Waals surface area (Å²) in [6, 6.07) is 0. The summed E-state index contributed by atoms with van der Waals surface area (Å²) in [5.74, 6) is 0.828. The summed E-state index contributed by atoms with van der Waals surface area (Å²) in [6.07, 6.45) is 2.32. The molecule has 1 saturated carbocycles. The van der Waals surface area contributed by atoms with Crippen molar-refractivity contribution in [3.63, 3.8) is 0 Å². The molecule has 80 valence electrons. The fourth-order valence-corrected chi connectivity index (χ4v) is 2.87. The summed E-state index contributed by atoms with van der Waals surface area (Å²) in [5.41, 5.74) is 1.39. The van der Waals surface area contributed by atoms with Crippen molar-refractivity contribution < 1.29 is 9.90 Å². The van der Waals surface area contributed by atoms with Crippen LogP contribution in [0, 0.1) is 5.41 Å². The quantitative estimate of drug-likeness (QED) is 0.791. The summed E-state index contributed by atoms with van der Waals surface area (Å²) in [4.78, 5) is 10.5. The maximum absolute atomic E-state index is 10.5. The second-order valence-electron chi connectivity index (χ2n) is 3.62. The zero-order chi connectivity index (χ0) is 10.6. The van der Waals surface area contributed by atoms with Crippen molar-refractivity contribution in [2.75, 3.05) is 11.5 Å². The van der Waals surface area contributed by atoms with Gasteiger partial charge in [-0.3, -0.25) is 4.79 Å². The van der Waals surface area contributed by atoms with Crippen LogP contribution in [0.5, 0.6) is 0 Å². The largest absolute Gasteiger partial charge is 0.481 e. The Bertz CT molecular complexity index is 249. The van der Waals surface area contributed by atoms with Gasteiger partial charge in [0.1, 0.15) is 0 Å². The molecule has 0 amide bonds. The Balaban J connectivity index is 2.21. The van der Waals surface area contributed by atoms with Gasteiger partial charge < -0.3 is 5.11 Å². The molecule has 0 bridgehead atoms. The molecule has 14 heavy (non-hydrogen) atoms. The number of carboxylic acid groups (broad SMARTS) is 1. The van der Waals surface area contributed by atoms with Crippen LogP contribution in [0.15, 0.2) is 10.6 Å². The molecule has 1 rings (SSSR count). The standard InChI is InChI=1S/C9H12Cl2O2S/c10-4-7(11)5-14-6-9(1-2-9)3-8(12)13/h4H,1-3,5-6H2,(H,12,13). The van der Waals surface area contributed by atoms with Crippen molar-refractivity contribution in [2.24, 2.45) is 5.41 Å². The molecule has 0 aromatic heterocycles. The lowest BCUT2D eigenvalue weighted by Crippen LogP contribution is -2.11. The molecule has 0 heterocycles. The van der Waals surface area contributed by atoms with Gasteiger partial charge in [0.15, 0.2) is 0 Å². The number of halogens is 2. The third kappa shape index (κ3) is 4.11. The first-order chi connectivity index (χ1) is 6.58. The van der Waals surface area contributed by atoms with E-state index in [2.05, 4.69) is 0 Å². The van der Waals surface area contributed by atoms with Crippen molar-refractivity contribution in [2.45, 2.75) is 19.3 Å². The molecule has 0 spiro atoms. The smallest absolute Gasteiger partial charge is 0.303 e. The third-order valence-corrected chi connectivity index (χ3v) is 4.36. The van der Waals surface area contributed by atoms with Crippen LogP contribution in [0.2, 0.25) is 0 Å². The molecule has 1 N–H and O–H groups in total. The molecular formula is C9H12Cl2O2S. The zero-order valence-corrected chi connectivity index (χ0v) is 9.96. The lowest BCUT2D eigenvalue weighted by atomic mass is 10.1. The normalized spacial score (nSPS) is 19.4. The van der Waals surface area contributed by atoms with Crippen LogP contribution in [0.25, 0.3) is 0 Å². The van der Waals surface area contributed by atoms with Gasteiger partial charge in [0.05, 0.1) is 6.42 Å². The van der Waals surface area contributed by atoms with Crippen LogP contribution in [0.3, 0.4) is 0 Å². The summed E-state index contributed by atoms with van der Waals surface area (Å²) in [7, 11) is 0. The minimum atomic E-state index is -0.706. The first-order valence-corrected chi connectivity index (χ1v) is 6.29. The monoisotopic (exact) mass is 254 g/mol. The Hall–Kier alpha value is 0.140. The highest BCUT2D eigenvalue weighted by molar-refractivity contribution is 7.99. The summed E-state index contributed by atoms with van der Waals surface area (Å²) in [5, 5.41) is 9.29. The van der Waals surface area contributed by atoms with Gasteiger partial charge in [-0.05, 0) is 24.0 Å². The first-order valence-electron chi connectivity index (χ1n) is 4.32. The Morgan fingerprint density at radius 3 is 2.64 bits per heavy atom. The molecule has 0 aromatic carbocycles. The van der Waals surface area contributed by atoms with Crippen LogP contribution < -0.4 is 0 Å². The molecule has 0 aromatic rings. The summed E-state index contributed by atoms with van der Waals surface area (Å²) >= 11 is 12.8. The lowest BCUT2D eigenvalue weighted by Gasteiger charge is -2.10. The Morgan fingerprint density at radius 2 is 2.21 bits per heavy atom. The average molecular weight is 255 g/mol. The molecule has 5 heteroatoms. The SMILES string of the molecule is O=C(O)CC1(CSCC(Cl)=CCl)CC1. The highest BCUT2D eigenvalue weighted by Crippen LogP contribution is 2.51. The van der Waals surface area contributed by atoms with Crippen LogP contribution in [0.4, 0.5) is 0 Å². The molecule has 1 fully saturated rings. The fraction of sp³-hybridized carbons (Fsp3) is 0.667. The van der Waals surface area contributed by atoms with E-state index in [4.69, 9.17) is 28.3 Å². The van der Waals surface area contributed by atoms with Crippen molar-refractivity contribution in [1.29, 1.82) is 0 Å². The van der Waals surface area contributed by atoms with E-state index in [0.29, 0.717) is 10.8 Å². The van der Waals surface area contributed by atoms with Crippen LogP contribution >= 0.6 is 35.0 Å². The predicted octanol–water partition coefficient (Wildman–Crippen LogP) is 3.29. The minimum Gasteiger partial charge on any atom is -0.481 e. The van der Waals surface area contributed by atoms with Gasteiger partial charge in [-0.1, -0.05) is 23.2 Å². The van der Waals surface area contributed by atoms with Gasteiger partial charge in [0.2, 0.25) is 0 Å². The number of hydrogen-bond donors (Lipinski definition) is 1. The summed E-state index contributed by atoms with van der Waals surface area (Å²) < 4.78 is 0. The topological polar surface area (TPSA) is 37.3 Å².